The summed E-state index contributed by atoms with van der Waals surface area (Å²) in [4.78, 5) is 33.7. The minimum Gasteiger partial charge on any atom is -0.477 e. The van der Waals surface area contributed by atoms with Crippen LogP contribution in [-0.4, -0.2) is 50.9 Å². The summed E-state index contributed by atoms with van der Waals surface area (Å²) in [5, 5.41) is 10.9. The highest BCUT2D eigenvalue weighted by Crippen LogP contribution is 2.47. The molecule has 0 atom stereocenters. The zero-order chi connectivity index (χ0) is 38.1. The maximum atomic E-state index is 14.3. The fourth-order valence-corrected chi connectivity index (χ4v) is 10.6. The molecule has 2 aliphatic carbocycles. The van der Waals surface area contributed by atoms with Gasteiger partial charge in [-0.1, -0.05) is 82.1 Å². The summed E-state index contributed by atoms with van der Waals surface area (Å²) in [7, 11) is 0. The van der Waals surface area contributed by atoms with E-state index in [0.29, 0.717) is 22.7 Å². The first-order valence-corrected chi connectivity index (χ1v) is 20.9. The number of hydrogen-bond acceptors (Lipinski definition) is 5. The van der Waals surface area contributed by atoms with Crippen molar-refractivity contribution in [1.29, 1.82) is 0 Å². The minimum absolute atomic E-state index is 0.0631. The normalized spacial score (nSPS) is 18.2. The predicted molar refractivity (Wildman–Crippen MR) is 211 cm³/mol. The van der Waals surface area contributed by atoms with Crippen LogP contribution in [0.1, 0.15) is 111 Å². The minimum atomic E-state index is -4.79. The zero-order valence-corrected chi connectivity index (χ0v) is 31.9. The smallest absolute Gasteiger partial charge is 0.477 e. The van der Waals surface area contributed by atoms with Crippen LogP contribution in [-0.2, 0) is 11.3 Å². The number of carboxylic acids is 1. The number of benzene rings is 2. The number of amides is 1. The van der Waals surface area contributed by atoms with Crippen LogP contribution in [0.4, 0.5) is 13.2 Å². The molecule has 7 nitrogen and oxygen atoms in total. The van der Waals surface area contributed by atoms with Gasteiger partial charge in [-0.15, -0.1) is 24.5 Å². The number of hydrogen-bond donors (Lipinski definition) is 1. The highest BCUT2D eigenvalue weighted by molar-refractivity contribution is 7.21. The number of rotatable bonds is 9. The number of pyridine rings is 1. The molecule has 1 N–H and O–H groups in total. The maximum absolute atomic E-state index is 14.3. The van der Waals surface area contributed by atoms with Gasteiger partial charge in [0.1, 0.15) is 17.2 Å². The summed E-state index contributed by atoms with van der Waals surface area (Å²) in [6, 6.07) is 17.3. The number of aromatic carboxylic acids is 1. The van der Waals surface area contributed by atoms with Crippen molar-refractivity contribution in [3.05, 3.63) is 71.1 Å². The van der Waals surface area contributed by atoms with E-state index in [1.165, 1.54) is 80.9 Å². The number of aromatic nitrogens is 2. The van der Waals surface area contributed by atoms with Gasteiger partial charge in [0, 0.05) is 24.0 Å². The summed E-state index contributed by atoms with van der Waals surface area (Å²) >= 11 is 1.31. The number of fused-ring (bicyclic) bond motifs is 2. The number of thiophene rings is 1. The third-order valence-corrected chi connectivity index (χ3v) is 13.4. The van der Waals surface area contributed by atoms with Crippen LogP contribution in [0.2, 0.25) is 0 Å². The molecular formula is C44H48F3N3O4S. The summed E-state index contributed by atoms with van der Waals surface area (Å²) < 4.78 is 45.9. The first-order chi connectivity index (χ1) is 26.6. The van der Waals surface area contributed by atoms with Crippen LogP contribution >= 0.6 is 11.3 Å². The molecule has 0 bridgehead atoms. The number of carbonyl (C=O) groups is 2. The molecule has 0 spiro atoms. The summed E-state index contributed by atoms with van der Waals surface area (Å²) in [6.07, 6.45) is 12.0. The summed E-state index contributed by atoms with van der Waals surface area (Å²) in [5.74, 6) is 0.515. The topological polar surface area (TPSA) is 84.7 Å². The van der Waals surface area contributed by atoms with Gasteiger partial charge in [-0.05, 0) is 97.4 Å². The van der Waals surface area contributed by atoms with E-state index >= 15 is 0 Å². The number of alkyl halides is 3. The van der Waals surface area contributed by atoms with Gasteiger partial charge in [0.05, 0.1) is 27.1 Å². The van der Waals surface area contributed by atoms with Crippen molar-refractivity contribution in [3.63, 3.8) is 0 Å². The Kier molecular flexibility index (Phi) is 10.9. The molecule has 3 aromatic heterocycles. The molecule has 1 amide bonds. The molecule has 4 heterocycles. The molecule has 1 saturated heterocycles. The second-order valence-electron chi connectivity index (χ2n) is 15.9. The largest absolute Gasteiger partial charge is 0.573 e. The molecule has 290 valence electrons. The Morgan fingerprint density at radius 3 is 2.25 bits per heavy atom. The van der Waals surface area contributed by atoms with Crippen molar-refractivity contribution in [2.45, 2.75) is 109 Å². The van der Waals surface area contributed by atoms with Gasteiger partial charge in [-0.25, -0.2) is 9.78 Å². The fourth-order valence-electron chi connectivity index (χ4n) is 9.51. The van der Waals surface area contributed by atoms with Crippen LogP contribution in [0.3, 0.4) is 0 Å². The number of ether oxygens (including phenoxy) is 1. The van der Waals surface area contributed by atoms with E-state index < -0.39 is 12.3 Å². The lowest BCUT2D eigenvalue weighted by Gasteiger charge is -2.34. The second-order valence-corrected chi connectivity index (χ2v) is 17.0. The van der Waals surface area contributed by atoms with E-state index in [9.17, 15) is 27.9 Å². The van der Waals surface area contributed by atoms with Gasteiger partial charge in [0.25, 0.3) is 0 Å². The highest BCUT2D eigenvalue weighted by atomic mass is 32.1. The molecule has 3 aliphatic rings. The Labute approximate surface area is 323 Å². The average Bonchev–Trinajstić information content (AvgIpc) is 3.62. The number of halogens is 3. The molecule has 2 aromatic carbocycles. The number of likely N-dealkylation sites (tertiary alicyclic amines) is 1. The molecule has 1 aliphatic heterocycles. The molecule has 3 fully saturated rings. The Bertz CT molecular complexity index is 2170. The van der Waals surface area contributed by atoms with E-state index in [1.54, 1.807) is 18.2 Å². The molecule has 0 unspecified atom stereocenters. The van der Waals surface area contributed by atoms with Crippen molar-refractivity contribution in [1.82, 2.24) is 14.5 Å². The number of piperidine rings is 1. The quantitative estimate of drug-likeness (QED) is 0.151. The highest BCUT2D eigenvalue weighted by Gasteiger charge is 2.33. The molecular weight excluding hydrogens is 724 g/mol. The van der Waals surface area contributed by atoms with E-state index in [-0.39, 0.29) is 29.0 Å². The number of carbonyl (C=O) groups excluding carboxylic acids is 1. The van der Waals surface area contributed by atoms with E-state index in [4.69, 9.17) is 4.98 Å². The Hall–Kier alpha value is -4.38. The zero-order valence-electron chi connectivity index (χ0n) is 31.1. The predicted octanol–water partition coefficient (Wildman–Crippen LogP) is 11.8. The Morgan fingerprint density at radius 2 is 1.53 bits per heavy atom. The van der Waals surface area contributed by atoms with E-state index in [1.807, 2.05) is 23.1 Å². The van der Waals surface area contributed by atoms with Crippen LogP contribution < -0.4 is 4.74 Å². The van der Waals surface area contributed by atoms with Crippen molar-refractivity contribution in [2.75, 3.05) is 13.1 Å². The second kappa shape index (κ2) is 16.0. The fraction of sp³-hybridized carbons (Fsp3) is 0.477. The van der Waals surface area contributed by atoms with Gasteiger partial charge >= 0.3 is 12.3 Å². The standard InChI is InChI=1S/C44H48F3N3O4S/c45-44(46,47)54-34-14-8-13-31(25-34)35-17-15-32-24-33(16-18-36(32)48-35)41-40(30-11-6-3-7-12-30)42-37(26-38(55-42)43(52)53)50(41)27-39(51)49-21-19-29(20-22-49)23-28-9-4-1-2-5-10-28/h8,13-18,24-26,28-30H,1-7,9-12,19-23,27H2,(H,52,53). The Balaban J connectivity index is 1.12. The average molecular weight is 772 g/mol. The molecule has 0 radical (unpaired) electrons. The summed E-state index contributed by atoms with van der Waals surface area (Å²) in [5.41, 5.74) is 5.52. The van der Waals surface area contributed by atoms with Crippen LogP contribution in [0.5, 0.6) is 5.75 Å². The molecule has 5 aromatic rings. The van der Waals surface area contributed by atoms with Gasteiger partial charge in [0.15, 0.2) is 0 Å². The molecule has 11 heteroatoms. The molecule has 55 heavy (non-hydrogen) atoms. The van der Waals surface area contributed by atoms with Gasteiger partial charge in [0.2, 0.25) is 5.91 Å². The number of nitrogens with zero attached hydrogens (tertiary/aromatic N) is 3. The van der Waals surface area contributed by atoms with Gasteiger partial charge < -0.3 is 19.3 Å². The first kappa shape index (κ1) is 37.5. The SMILES string of the molecule is O=C(O)c1cc2c(s1)c(C1CCCCC1)c(-c1ccc3nc(-c4cccc(OC(F)(F)F)c4)ccc3c1)n2CC(=O)N1CCC(CC2CCCCCC2)CC1. The van der Waals surface area contributed by atoms with Crippen molar-refractivity contribution < 1.29 is 32.6 Å². The Morgan fingerprint density at radius 1 is 0.818 bits per heavy atom. The van der Waals surface area contributed by atoms with Crippen molar-refractivity contribution in [2.24, 2.45) is 11.8 Å². The third-order valence-electron chi connectivity index (χ3n) is 12.2. The van der Waals surface area contributed by atoms with Crippen LogP contribution in [0.25, 0.3) is 43.6 Å². The van der Waals surface area contributed by atoms with Crippen LogP contribution in [0, 0.1) is 11.8 Å². The van der Waals surface area contributed by atoms with Gasteiger partial charge in [-0.2, -0.15) is 0 Å². The molecule has 8 rings (SSSR count). The lowest BCUT2D eigenvalue weighted by molar-refractivity contribution is -0.274. The third kappa shape index (κ3) is 8.42. The van der Waals surface area contributed by atoms with Gasteiger partial charge in [-0.3, -0.25) is 4.79 Å². The number of carboxylic acid groups (broad SMARTS) is 1. The monoisotopic (exact) mass is 771 g/mol. The van der Waals surface area contributed by atoms with E-state index in [2.05, 4.69) is 15.4 Å². The lowest BCUT2D eigenvalue weighted by atomic mass is 9.83. The first-order valence-electron chi connectivity index (χ1n) is 20.0. The maximum Gasteiger partial charge on any atom is 0.573 e. The van der Waals surface area contributed by atoms with Crippen LogP contribution in [0.15, 0.2) is 60.7 Å². The van der Waals surface area contributed by atoms with Crippen molar-refractivity contribution in [3.8, 4) is 28.3 Å². The molecule has 2 saturated carbocycles. The summed E-state index contributed by atoms with van der Waals surface area (Å²) in [6.45, 7) is 1.64. The lowest BCUT2D eigenvalue weighted by Crippen LogP contribution is -2.40. The van der Waals surface area contributed by atoms with Crippen molar-refractivity contribution >= 4 is 44.3 Å². The van der Waals surface area contributed by atoms with E-state index in [0.717, 1.165) is 90.0 Å².